The molecule has 174 valence electrons. The van der Waals surface area contributed by atoms with Crippen molar-refractivity contribution in [1.29, 1.82) is 0 Å². The number of pyridine rings is 1. The van der Waals surface area contributed by atoms with Crippen LogP contribution in [-0.4, -0.2) is 47.7 Å². The number of carboxylic acids is 1. The largest absolute Gasteiger partial charge is 0.490 e. The summed E-state index contributed by atoms with van der Waals surface area (Å²) in [6.07, 6.45) is 5.25. The number of carbonyl (C=O) groups is 2. The van der Waals surface area contributed by atoms with E-state index in [1.165, 1.54) is 39.8 Å². The van der Waals surface area contributed by atoms with Crippen LogP contribution in [0.2, 0.25) is 0 Å². The molecule has 2 bridgehead atoms. The maximum atomic E-state index is 12.2. The molecule has 3 aromatic heterocycles. The minimum atomic E-state index is -5.08. The minimum absolute atomic E-state index is 0.0685. The minimum Gasteiger partial charge on any atom is -0.475 e. The van der Waals surface area contributed by atoms with Crippen LogP contribution in [0.25, 0.3) is 11.4 Å². The van der Waals surface area contributed by atoms with E-state index in [1.807, 2.05) is 12.1 Å². The highest BCUT2D eigenvalue weighted by Gasteiger charge is 2.38. The summed E-state index contributed by atoms with van der Waals surface area (Å²) >= 11 is 0. The van der Waals surface area contributed by atoms with Crippen LogP contribution < -0.4 is 10.9 Å². The van der Waals surface area contributed by atoms with Gasteiger partial charge in [-0.05, 0) is 37.0 Å². The van der Waals surface area contributed by atoms with Gasteiger partial charge in [-0.25, -0.2) is 9.78 Å². The van der Waals surface area contributed by atoms with Gasteiger partial charge < -0.3 is 10.4 Å². The average molecular weight is 464 g/mol. The van der Waals surface area contributed by atoms with Gasteiger partial charge in [-0.1, -0.05) is 6.42 Å². The Bertz CT molecular complexity index is 1200. The topological polar surface area (TPSA) is 132 Å². The molecule has 0 spiro atoms. The highest BCUT2D eigenvalue weighted by atomic mass is 19.4. The van der Waals surface area contributed by atoms with Gasteiger partial charge in [0.25, 0.3) is 5.56 Å². The van der Waals surface area contributed by atoms with Gasteiger partial charge in [0, 0.05) is 24.9 Å². The molecule has 33 heavy (non-hydrogen) atoms. The molecule has 0 saturated carbocycles. The van der Waals surface area contributed by atoms with Gasteiger partial charge in [0.15, 0.2) is 0 Å². The summed E-state index contributed by atoms with van der Waals surface area (Å²) in [7, 11) is 0. The van der Waals surface area contributed by atoms with Crippen LogP contribution in [0, 0.1) is 0 Å². The van der Waals surface area contributed by atoms with Gasteiger partial charge in [0.2, 0.25) is 5.91 Å². The van der Waals surface area contributed by atoms with E-state index in [2.05, 4.69) is 20.4 Å². The Labute approximate surface area is 184 Å². The molecule has 0 radical (unpaired) electrons. The van der Waals surface area contributed by atoms with E-state index in [9.17, 15) is 22.8 Å². The highest BCUT2D eigenvalue weighted by Crippen LogP contribution is 2.28. The van der Waals surface area contributed by atoms with E-state index in [0.717, 1.165) is 25.7 Å². The molecule has 1 aliphatic rings. The second kappa shape index (κ2) is 10.1. The third-order valence-corrected chi connectivity index (χ3v) is 4.61. The number of halogens is 3. The van der Waals surface area contributed by atoms with Crippen LogP contribution in [-0.2, 0) is 16.0 Å². The predicted molar refractivity (Wildman–Crippen MR) is 109 cm³/mol. The second-order valence-electron chi connectivity index (χ2n) is 7.02. The van der Waals surface area contributed by atoms with E-state index >= 15 is 0 Å². The predicted octanol–water partition coefficient (Wildman–Crippen LogP) is 2.50. The van der Waals surface area contributed by atoms with Crippen molar-refractivity contribution in [3.05, 3.63) is 59.0 Å². The van der Waals surface area contributed by atoms with Crippen LogP contribution >= 0.6 is 0 Å². The van der Waals surface area contributed by atoms with E-state index in [0.29, 0.717) is 23.5 Å². The van der Waals surface area contributed by atoms with E-state index < -0.39 is 12.1 Å². The fourth-order valence-corrected chi connectivity index (χ4v) is 3.08. The number of aliphatic carboxylic acids is 1. The smallest absolute Gasteiger partial charge is 0.475 e. The number of nitrogens with one attached hydrogen (secondary N) is 1. The fourth-order valence-electron chi connectivity index (χ4n) is 3.08. The van der Waals surface area contributed by atoms with Crippen LogP contribution in [0.4, 0.5) is 18.9 Å². The Morgan fingerprint density at radius 2 is 1.82 bits per heavy atom. The maximum absolute atomic E-state index is 12.2. The summed E-state index contributed by atoms with van der Waals surface area (Å²) in [4.78, 5) is 43.2. The summed E-state index contributed by atoms with van der Waals surface area (Å²) in [6, 6.07) is 5.32. The highest BCUT2D eigenvalue weighted by molar-refractivity contribution is 5.94. The first-order chi connectivity index (χ1) is 15.7. The lowest BCUT2D eigenvalue weighted by Gasteiger charge is -2.13. The summed E-state index contributed by atoms with van der Waals surface area (Å²) < 4.78 is 33.0. The first-order valence-corrected chi connectivity index (χ1v) is 9.83. The van der Waals surface area contributed by atoms with Crippen molar-refractivity contribution in [1.82, 2.24) is 24.5 Å². The average Bonchev–Trinajstić information content (AvgIpc) is 3.16. The standard InChI is InChI=1S/C18H18N6O2.C2HF3O2/c25-16-5-3-1-2-4-13-6-9-20-14(10-13)18-15(22-16)11-21-24(18)23-12-19-8-7-17(23)26;3-2(4,5)1(6)7/h6-12H,1-5H2,(H,22,25);(H,6,7). The van der Waals surface area contributed by atoms with Crippen LogP contribution in [0.15, 0.2) is 47.9 Å². The molecule has 0 saturated heterocycles. The lowest BCUT2D eigenvalue weighted by atomic mass is 10.0. The molecule has 0 fully saturated rings. The van der Waals surface area contributed by atoms with Crippen molar-refractivity contribution >= 4 is 17.6 Å². The zero-order chi connectivity index (χ0) is 24.0. The Kier molecular flexibility index (Phi) is 7.20. The molecular formula is C20H19F3N6O4. The SMILES string of the molecule is O=C(O)C(F)(F)F.O=C1CCCCCc2ccnc(c2)-c2c(cnn2-n2cnccc2=O)N1. The number of amides is 1. The summed E-state index contributed by atoms with van der Waals surface area (Å²) in [5, 5.41) is 14.3. The molecule has 0 aliphatic carbocycles. The number of anilines is 1. The van der Waals surface area contributed by atoms with E-state index in [1.54, 1.807) is 6.20 Å². The van der Waals surface area contributed by atoms with Crippen LogP contribution in [0.3, 0.4) is 0 Å². The van der Waals surface area contributed by atoms with Gasteiger partial charge >= 0.3 is 12.1 Å². The fraction of sp³-hybridized carbons (Fsp3) is 0.300. The monoisotopic (exact) mass is 464 g/mol. The molecular weight excluding hydrogens is 445 g/mol. The van der Waals surface area contributed by atoms with E-state index in [4.69, 9.17) is 9.90 Å². The molecule has 4 heterocycles. The third-order valence-electron chi connectivity index (χ3n) is 4.61. The van der Waals surface area contributed by atoms with Crippen molar-refractivity contribution < 1.29 is 27.9 Å². The Hall–Kier alpha value is -4.03. The number of aryl methyl sites for hydroxylation is 1. The molecule has 13 heteroatoms. The molecule has 2 N–H and O–H groups in total. The Morgan fingerprint density at radius 1 is 1.09 bits per heavy atom. The first kappa shape index (κ1) is 23.6. The zero-order valence-electron chi connectivity index (χ0n) is 17.1. The first-order valence-electron chi connectivity index (χ1n) is 9.83. The normalized spacial score (nSPS) is 14.0. The molecule has 0 atom stereocenters. The molecule has 1 amide bonds. The van der Waals surface area contributed by atoms with Crippen molar-refractivity contribution in [2.75, 3.05) is 5.32 Å². The van der Waals surface area contributed by atoms with Crippen molar-refractivity contribution in [3.8, 4) is 11.4 Å². The lowest BCUT2D eigenvalue weighted by Crippen LogP contribution is -2.27. The number of nitrogens with zero attached hydrogens (tertiary/aromatic N) is 5. The Balaban J connectivity index is 0.000000383. The molecule has 1 aliphatic heterocycles. The summed E-state index contributed by atoms with van der Waals surface area (Å²) in [5.74, 6) is -2.83. The van der Waals surface area contributed by atoms with Gasteiger partial charge in [-0.15, -0.1) is 0 Å². The number of hydrogen-bond donors (Lipinski definition) is 2. The summed E-state index contributed by atoms with van der Waals surface area (Å²) in [5.41, 5.74) is 2.61. The number of carboxylic acid groups (broad SMARTS) is 1. The molecule has 0 aromatic carbocycles. The number of carbonyl (C=O) groups excluding carboxylic acids is 1. The number of aromatic nitrogens is 5. The van der Waals surface area contributed by atoms with Crippen molar-refractivity contribution in [3.63, 3.8) is 0 Å². The van der Waals surface area contributed by atoms with Crippen LogP contribution in [0.5, 0.6) is 0 Å². The molecule has 3 aromatic rings. The number of hydrogen-bond acceptors (Lipinski definition) is 6. The van der Waals surface area contributed by atoms with Crippen LogP contribution in [0.1, 0.15) is 31.2 Å². The Morgan fingerprint density at radius 3 is 2.52 bits per heavy atom. The quantitative estimate of drug-likeness (QED) is 0.566. The zero-order valence-corrected chi connectivity index (χ0v) is 17.1. The van der Waals surface area contributed by atoms with Gasteiger partial charge in [0.1, 0.15) is 12.0 Å². The number of alkyl halides is 3. The third kappa shape index (κ3) is 6.02. The van der Waals surface area contributed by atoms with Gasteiger partial charge in [0.05, 0.1) is 17.6 Å². The molecule has 10 nitrogen and oxygen atoms in total. The maximum Gasteiger partial charge on any atom is 0.490 e. The number of rotatable bonds is 1. The second-order valence-corrected chi connectivity index (χ2v) is 7.02. The van der Waals surface area contributed by atoms with Crippen molar-refractivity contribution in [2.45, 2.75) is 38.3 Å². The summed E-state index contributed by atoms with van der Waals surface area (Å²) in [6.45, 7) is 0. The molecule has 0 unspecified atom stereocenters. The number of fused-ring (bicyclic) bond motifs is 4. The van der Waals surface area contributed by atoms with Crippen molar-refractivity contribution in [2.24, 2.45) is 0 Å². The van der Waals surface area contributed by atoms with Gasteiger partial charge in [-0.3, -0.25) is 14.6 Å². The van der Waals surface area contributed by atoms with Gasteiger partial charge in [-0.2, -0.15) is 27.7 Å². The lowest BCUT2D eigenvalue weighted by molar-refractivity contribution is -0.192. The van der Waals surface area contributed by atoms with E-state index in [-0.39, 0.29) is 11.5 Å². The molecule has 4 rings (SSSR count).